The lowest BCUT2D eigenvalue weighted by Gasteiger charge is -2.27. The molecular weight excluding hydrogens is 354 g/mol. The van der Waals surface area contributed by atoms with E-state index in [-0.39, 0.29) is 5.96 Å². The number of fused-ring (bicyclic) bond motifs is 1. The van der Waals surface area contributed by atoms with Crippen LogP contribution in [0.2, 0.25) is 0 Å². The van der Waals surface area contributed by atoms with E-state index in [1.807, 2.05) is 24.4 Å². The van der Waals surface area contributed by atoms with Gasteiger partial charge in [0.15, 0.2) is 0 Å². The number of rotatable bonds is 2. The van der Waals surface area contributed by atoms with Gasteiger partial charge in [0.1, 0.15) is 0 Å². The van der Waals surface area contributed by atoms with Crippen LogP contribution in [-0.4, -0.2) is 16.7 Å². The molecule has 1 aliphatic carbocycles. The van der Waals surface area contributed by atoms with Crippen molar-refractivity contribution in [2.24, 2.45) is 10.8 Å². The smallest absolute Gasteiger partial charge is 0.206 e. The van der Waals surface area contributed by atoms with E-state index in [1.165, 1.54) is 5.56 Å². The molecule has 0 spiro atoms. The van der Waals surface area contributed by atoms with E-state index < -0.39 is 0 Å². The Morgan fingerprint density at radius 1 is 1.35 bits per heavy atom. The fourth-order valence-electron chi connectivity index (χ4n) is 3.06. The monoisotopic (exact) mass is 371 g/mol. The van der Waals surface area contributed by atoms with E-state index in [2.05, 4.69) is 50.5 Å². The van der Waals surface area contributed by atoms with Crippen LogP contribution in [0.15, 0.2) is 46.1 Å². The molecule has 0 radical (unpaired) electrons. The second-order valence-electron chi connectivity index (χ2n) is 5.66. The molecule has 118 valence electrons. The lowest BCUT2D eigenvalue weighted by molar-refractivity contribution is 0.672. The molecule has 4 N–H and O–H groups in total. The maximum Gasteiger partial charge on any atom is 0.206 e. The number of guanidine groups is 1. The fourth-order valence-corrected chi connectivity index (χ4v) is 3.67. The average molecular weight is 372 g/mol. The Morgan fingerprint density at radius 2 is 2.13 bits per heavy atom. The summed E-state index contributed by atoms with van der Waals surface area (Å²) in [5.41, 5.74) is 13.4. The summed E-state index contributed by atoms with van der Waals surface area (Å²) in [6, 6.07) is 10.2. The van der Waals surface area contributed by atoms with Crippen LogP contribution >= 0.6 is 15.9 Å². The highest BCUT2D eigenvalue weighted by molar-refractivity contribution is 9.10. The van der Waals surface area contributed by atoms with Gasteiger partial charge in [-0.3, -0.25) is 10.4 Å². The molecule has 23 heavy (non-hydrogen) atoms. The number of pyridine rings is 1. The highest BCUT2D eigenvalue weighted by atomic mass is 79.9. The number of aryl methyl sites for hydroxylation is 1. The van der Waals surface area contributed by atoms with Crippen molar-refractivity contribution in [2.45, 2.75) is 25.7 Å². The van der Waals surface area contributed by atoms with Crippen molar-refractivity contribution >= 4 is 27.6 Å². The van der Waals surface area contributed by atoms with Gasteiger partial charge in [0, 0.05) is 16.2 Å². The van der Waals surface area contributed by atoms with Crippen LogP contribution in [0.1, 0.15) is 34.7 Å². The van der Waals surface area contributed by atoms with E-state index in [9.17, 15) is 0 Å². The summed E-state index contributed by atoms with van der Waals surface area (Å²) in [4.78, 5) is 4.55. The zero-order valence-electron chi connectivity index (χ0n) is 12.8. The third kappa shape index (κ3) is 3.27. The summed E-state index contributed by atoms with van der Waals surface area (Å²) in [6.07, 6.45) is 3.49. The van der Waals surface area contributed by atoms with Gasteiger partial charge in [-0.1, -0.05) is 34.1 Å². The van der Waals surface area contributed by atoms with Crippen LogP contribution in [0, 0.1) is 12.3 Å². The van der Waals surface area contributed by atoms with Gasteiger partial charge in [0.2, 0.25) is 5.96 Å². The maximum absolute atomic E-state index is 7.34. The summed E-state index contributed by atoms with van der Waals surface area (Å²) in [7, 11) is 0. The molecule has 0 saturated carbocycles. The van der Waals surface area contributed by atoms with Crippen molar-refractivity contribution in [1.82, 2.24) is 10.4 Å². The number of nitrogens with one attached hydrogen (secondary N) is 2. The summed E-state index contributed by atoms with van der Waals surface area (Å²) in [5.74, 6) is 0.128. The van der Waals surface area contributed by atoms with Crippen molar-refractivity contribution in [1.29, 1.82) is 5.41 Å². The Balaban J connectivity index is 2.05. The number of hydrogen-bond donors (Lipinski definition) is 3. The van der Waals surface area contributed by atoms with Crippen LogP contribution in [0.4, 0.5) is 0 Å². The van der Waals surface area contributed by atoms with Crippen molar-refractivity contribution < 1.29 is 0 Å². The summed E-state index contributed by atoms with van der Waals surface area (Å²) < 4.78 is 1.10. The van der Waals surface area contributed by atoms with E-state index >= 15 is 0 Å². The molecule has 1 unspecified atom stereocenters. The molecular formula is C17H18BrN5. The molecule has 1 aliphatic rings. The lowest BCUT2D eigenvalue weighted by Crippen LogP contribution is -2.29. The van der Waals surface area contributed by atoms with Crippen molar-refractivity contribution in [2.75, 3.05) is 0 Å². The van der Waals surface area contributed by atoms with Crippen molar-refractivity contribution in [3.05, 3.63) is 63.4 Å². The third-order valence-electron chi connectivity index (χ3n) is 4.06. The van der Waals surface area contributed by atoms with Gasteiger partial charge in [0.05, 0.1) is 11.4 Å². The topological polar surface area (TPSA) is 87.2 Å². The van der Waals surface area contributed by atoms with E-state index in [0.717, 1.165) is 39.8 Å². The van der Waals surface area contributed by atoms with Gasteiger partial charge in [-0.2, -0.15) is 5.10 Å². The van der Waals surface area contributed by atoms with E-state index in [4.69, 9.17) is 11.1 Å². The number of hydrogen-bond acceptors (Lipinski definition) is 3. The molecule has 1 aromatic heterocycles. The minimum atomic E-state index is -0.163. The van der Waals surface area contributed by atoms with Gasteiger partial charge in [-0.25, -0.2) is 5.43 Å². The first kappa shape index (κ1) is 15.7. The largest absolute Gasteiger partial charge is 0.369 e. The van der Waals surface area contributed by atoms with Gasteiger partial charge in [0.25, 0.3) is 0 Å². The van der Waals surface area contributed by atoms with Crippen molar-refractivity contribution in [3.63, 3.8) is 0 Å². The minimum Gasteiger partial charge on any atom is -0.369 e. The summed E-state index contributed by atoms with van der Waals surface area (Å²) in [5, 5.41) is 11.7. The molecule has 5 nitrogen and oxygen atoms in total. The summed E-state index contributed by atoms with van der Waals surface area (Å²) >= 11 is 3.64. The number of hydrazone groups is 1. The Kier molecular flexibility index (Phi) is 4.43. The molecule has 2 aromatic rings. The quantitative estimate of drug-likeness (QED) is 0.430. The molecule has 1 atom stereocenters. The standard InChI is InChI=1S/C17H18BrN5/c1-10-6-7-21-14-8-11(12-4-2-3-5-13(12)18)9-15(16(10)14)22-23-17(19)20/h2-7,11H,8-9H2,1H3,(H4,19,20,23). The predicted molar refractivity (Wildman–Crippen MR) is 95.8 cm³/mol. The maximum atomic E-state index is 7.34. The number of nitrogens with zero attached hydrogens (tertiary/aromatic N) is 2. The van der Waals surface area contributed by atoms with Crippen molar-refractivity contribution in [3.8, 4) is 0 Å². The fraction of sp³-hybridized carbons (Fsp3) is 0.235. The van der Waals surface area contributed by atoms with Crippen LogP contribution in [-0.2, 0) is 6.42 Å². The number of benzene rings is 1. The highest BCUT2D eigenvalue weighted by Gasteiger charge is 2.28. The Hall–Kier alpha value is -2.21. The van der Waals surface area contributed by atoms with E-state index in [1.54, 1.807) is 0 Å². The second kappa shape index (κ2) is 6.50. The average Bonchev–Trinajstić information content (AvgIpc) is 2.53. The van der Waals surface area contributed by atoms with Gasteiger partial charge in [-0.05, 0) is 48.9 Å². The second-order valence-corrected chi connectivity index (χ2v) is 6.51. The van der Waals surface area contributed by atoms with Gasteiger partial charge in [-0.15, -0.1) is 0 Å². The van der Waals surface area contributed by atoms with Crippen LogP contribution in [0.5, 0.6) is 0 Å². The molecule has 6 heteroatoms. The van der Waals surface area contributed by atoms with Gasteiger partial charge >= 0.3 is 0 Å². The molecule has 0 aliphatic heterocycles. The first-order chi connectivity index (χ1) is 11.1. The number of aromatic nitrogens is 1. The first-order valence-corrected chi connectivity index (χ1v) is 8.21. The highest BCUT2D eigenvalue weighted by Crippen LogP contribution is 2.36. The molecule has 1 heterocycles. The Morgan fingerprint density at radius 3 is 2.87 bits per heavy atom. The zero-order chi connectivity index (χ0) is 16.4. The molecule has 3 rings (SSSR count). The predicted octanol–water partition coefficient (Wildman–Crippen LogP) is 3.07. The SMILES string of the molecule is Cc1ccnc2c1C(=NNC(=N)N)CC(c1ccccc1Br)C2. The molecule has 0 fully saturated rings. The van der Waals surface area contributed by atoms with Crippen LogP contribution < -0.4 is 11.2 Å². The van der Waals surface area contributed by atoms with Gasteiger partial charge < -0.3 is 5.73 Å². The normalized spacial score (nSPS) is 18.5. The number of nitrogens with two attached hydrogens (primary N) is 1. The minimum absolute atomic E-state index is 0.163. The molecule has 0 bridgehead atoms. The first-order valence-electron chi connectivity index (χ1n) is 7.42. The number of halogens is 1. The third-order valence-corrected chi connectivity index (χ3v) is 4.78. The molecule has 0 saturated heterocycles. The van der Waals surface area contributed by atoms with E-state index in [0.29, 0.717) is 5.92 Å². The van der Waals surface area contributed by atoms with Crippen LogP contribution in [0.25, 0.3) is 0 Å². The zero-order valence-corrected chi connectivity index (χ0v) is 14.4. The Bertz CT molecular complexity index is 784. The lowest BCUT2D eigenvalue weighted by atomic mass is 9.80. The Labute approximate surface area is 143 Å². The van der Waals surface area contributed by atoms with Crippen LogP contribution in [0.3, 0.4) is 0 Å². The molecule has 1 aromatic carbocycles. The summed E-state index contributed by atoms with van der Waals surface area (Å²) in [6.45, 7) is 2.06. The molecule has 0 amide bonds.